The Morgan fingerprint density at radius 3 is 2.62 bits per heavy atom. The number of nitrogens with one attached hydrogen (secondary N) is 1. The van der Waals surface area contributed by atoms with Gasteiger partial charge < -0.3 is 5.32 Å². The van der Waals surface area contributed by atoms with Gasteiger partial charge in [0, 0.05) is 12.6 Å². The Balaban J connectivity index is 2.35. The molecule has 0 aliphatic carbocycles. The SMILES string of the molecule is CCCc1cccc(-c2ccc(F)cc2CNC(C)C)c1. The number of benzene rings is 2. The molecule has 0 aliphatic heterocycles. The van der Waals surface area contributed by atoms with Crippen LogP contribution in [0.1, 0.15) is 38.3 Å². The molecule has 0 heterocycles. The first-order valence-electron chi connectivity index (χ1n) is 7.71. The molecule has 0 amide bonds. The third-order valence-corrected chi connectivity index (χ3v) is 3.54. The average Bonchev–Trinajstić information content (AvgIpc) is 2.46. The molecular formula is C19H24FN. The van der Waals surface area contributed by atoms with Crippen LogP contribution in [0.4, 0.5) is 4.39 Å². The van der Waals surface area contributed by atoms with Crippen molar-refractivity contribution >= 4 is 0 Å². The maximum absolute atomic E-state index is 13.6. The van der Waals surface area contributed by atoms with Crippen LogP contribution in [-0.4, -0.2) is 6.04 Å². The van der Waals surface area contributed by atoms with E-state index in [0.29, 0.717) is 12.6 Å². The van der Waals surface area contributed by atoms with E-state index in [2.05, 4.69) is 50.4 Å². The van der Waals surface area contributed by atoms with E-state index in [1.54, 1.807) is 12.1 Å². The molecule has 0 radical (unpaired) electrons. The number of rotatable bonds is 6. The van der Waals surface area contributed by atoms with Gasteiger partial charge in [-0.25, -0.2) is 4.39 Å². The second kappa shape index (κ2) is 7.37. The first-order valence-corrected chi connectivity index (χ1v) is 7.71. The normalized spacial score (nSPS) is 11.1. The summed E-state index contributed by atoms with van der Waals surface area (Å²) >= 11 is 0. The van der Waals surface area contributed by atoms with E-state index in [-0.39, 0.29) is 5.82 Å². The minimum absolute atomic E-state index is 0.177. The molecule has 0 fully saturated rings. The van der Waals surface area contributed by atoms with Gasteiger partial charge in [0.1, 0.15) is 5.82 Å². The highest BCUT2D eigenvalue weighted by molar-refractivity contribution is 5.68. The summed E-state index contributed by atoms with van der Waals surface area (Å²) < 4.78 is 13.6. The van der Waals surface area contributed by atoms with E-state index < -0.39 is 0 Å². The zero-order valence-electron chi connectivity index (χ0n) is 13.1. The van der Waals surface area contributed by atoms with E-state index in [0.717, 1.165) is 24.0 Å². The topological polar surface area (TPSA) is 12.0 Å². The monoisotopic (exact) mass is 285 g/mol. The Morgan fingerprint density at radius 2 is 1.90 bits per heavy atom. The summed E-state index contributed by atoms with van der Waals surface area (Å²) in [4.78, 5) is 0. The van der Waals surface area contributed by atoms with Crippen LogP contribution in [0.3, 0.4) is 0 Å². The van der Waals surface area contributed by atoms with Crippen molar-refractivity contribution in [2.75, 3.05) is 0 Å². The number of halogens is 1. The van der Waals surface area contributed by atoms with Crippen LogP contribution in [0.2, 0.25) is 0 Å². The Hall–Kier alpha value is -1.67. The van der Waals surface area contributed by atoms with E-state index >= 15 is 0 Å². The van der Waals surface area contributed by atoms with Gasteiger partial charge in [0.05, 0.1) is 0 Å². The molecule has 0 saturated carbocycles. The molecule has 1 N–H and O–H groups in total. The van der Waals surface area contributed by atoms with Gasteiger partial charge in [0.15, 0.2) is 0 Å². The van der Waals surface area contributed by atoms with Crippen molar-refractivity contribution in [3.8, 4) is 11.1 Å². The van der Waals surface area contributed by atoms with Gasteiger partial charge in [-0.05, 0) is 40.8 Å². The lowest BCUT2D eigenvalue weighted by molar-refractivity contribution is 0.582. The molecule has 0 atom stereocenters. The number of hydrogen-bond acceptors (Lipinski definition) is 1. The van der Waals surface area contributed by atoms with Crippen molar-refractivity contribution in [3.63, 3.8) is 0 Å². The van der Waals surface area contributed by atoms with Gasteiger partial charge >= 0.3 is 0 Å². The lowest BCUT2D eigenvalue weighted by Gasteiger charge is -2.14. The molecule has 1 nitrogen and oxygen atoms in total. The molecule has 21 heavy (non-hydrogen) atoms. The van der Waals surface area contributed by atoms with Crippen LogP contribution in [0.5, 0.6) is 0 Å². The van der Waals surface area contributed by atoms with Crippen LogP contribution in [-0.2, 0) is 13.0 Å². The maximum Gasteiger partial charge on any atom is 0.123 e. The van der Waals surface area contributed by atoms with Crippen molar-refractivity contribution in [1.29, 1.82) is 0 Å². The van der Waals surface area contributed by atoms with Gasteiger partial charge in [-0.1, -0.05) is 57.5 Å². The van der Waals surface area contributed by atoms with Crippen LogP contribution in [0, 0.1) is 5.82 Å². The van der Waals surface area contributed by atoms with Crippen molar-refractivity contribution in [2.24, 2.45) is 0 Å². The Morgan fingerprint density at radius 1 is 1.10 bits per heavy atom. The third kappa shape index (κ3) is 4.40. The number of hydrogen-bond donors (Lipinski definition) is 1. The second-order valence-corrected chi connectivity index (χ2v) is 5.79. The number of aryl methyl sites for hydroxylation is 1. The lowest BCUT2D eigenvalue weighted by atomic mass is 9.96. The highest BCUT2D eigenvalue weighted by Crippen LogP contribution is 2.26. The first-order chi connectivity index (χ1) is 10.1. The van der Waals surface area contributed by atoms with Gasteiger partial charge in [-0.2, -0.15) is 0 Å². The summed E-state index contributed by atoms with van der Waals surface area (Å²) in [6.45, 7) is 7.06. The molecule has 0 saturated heterocycles. The van der Waals surface area contributed by atoms with Crippen molar-refractivity contribution in [1.82, 2.24) is 5.32 Å². The van der Waals surface area contributed by atoms with Crippen LogP contribution >= 0.6 is 0 Å². The second-order valence-electron chi connectivity index (χ2n) is 5.79. The molecule has 112 valence electrons. The van der Waals surface area contributed by atoms with E-state index in [1.807, 2.05) is 6.07 Å². The fourth-order valence-corrected chi connectivity index (χ4v) is 2.49. The summed E-state index contributed by atoms with van der Waals surface area (Å²) in [6, 6.07) is 14.0. The highest BCUT2D eigenvalue weighted by Gasteiger charge is 2.08. The van der Waals surface area contributed by atoms with Gasteiger partial charge in [0.25, 0.3) is 0 Å². The quantitative estimate of drug-likeness (QED) is 0.792. The van der Waals surface area contributed by atoms with Crippen LogP contribution in [0.15, 0.2) is 42.5 Å². The molecule has 2 rings (SSSR count). The minimum Gasteiger partial charge on any atom is -0.310 e. The van der Waals surface area contributed by atoms with Gasteiger partial charge in [0.2, 0.25) is 0 Å². The minimum atomic E-state index is -0.177. The molecule has 0 aromatic heterocycles. The zero-order chi connectivity index (χ0) is 15.2. The van der Waals surface area contributed by atoms with E-state index in [4.69, 9.17) is 0 Å². The summed E-state index contributed by atoms with van der Waals surface area (Å²) in [6.07, 6.45) is 2.21. The average molecular weight is 285 g/mol. The lowest BCUT2D eigenvalue weighted by Crippen LogP contribution is -2.22. The van der Waals surface area contributed by atoms with Crippen LogP contribution in [0.25, 0.3) is 11.1 Å². The van der Waals surface area contributed by atoms with Crippen molar-refractivity contribution in [2.45, 2.75) is 46.2 Å². The summed E-state index contributed by atoms with van der Waals surface area (Å²) in [5.41, 5.74) is 4.63. The molecule has 2 aromatic rings. The smallest absolute Gasteiger partial charge is 0.123 e. The van der Waals surface area contributed by atoms with E-state index in [9.17, 15) is 4.39 Å². The molecule has 0 spiro atoms. The molecular weight excluding hydrogens is 261 g/mol. The molecule has 0 bridgehead atoms. The Labute approximate surface area is 127 Å². The fourth-order valence-electron chi connectivity index (χ4n) is 2.49. The summed E-state index contributed by atoms with van der Waals surface area (Å²) in [7, 11) is 0. The molecule has 2 heteroatoms. The Kier molecular flexibility index (Phi) is 5.51. The zero-order valence-corrected chi connectivity index (χ0v) is 13.1. The van der Waals surface area contributed by atoms with Gasteiger partial charge in [-0.3, -0.25) is 0 Å². The predicted octanol–water partition coefficient (Wildman–Crippen LogP) is 4.94. The summed E-state index contributed by atoms with van der Waals surface area (Å²) in [5, 5.41) is 3.37. The highest BCUT2D eigenvalue weighted by atomic mass is 19.1. The summed E-state index contributed by atoms with van der Waals surface area (Å²) in [5.74, 6) is -0.177. The maximum atomic E-state index is 13.6. The largest absolute Gasteiger partial charge is 0.310 e. The predicted molar refractivity (Wildman–Crippen MR) is 87.8 cm³/mol. The fraction of sp³-hybridized carbons (Fsp3) is 0.368. The standard InChI is InChI=1S/C19H24FN/c1-4-6-15-7-5-8-16(11-15)19-10-9-18(20)12-17(19)13-21-14(2)3/h5,7-12,14,21H,4,6,13H2,1-3H3. The molecule has 0 unspecified atom stereocenters. The third-order valence-electron chi connectivity index (χ3n) is 3.54. The van der Waals surface area contributed by atoms with Crippen molar-refractivity contribution in [3.05, 3.63) is 59.4 Å². The molecule has 0 aliphatic rings. The van der Waals surface area contributed by atoms with Crippen LogP contribution < -0.4 is 5.32 Å². The first kappa shape index (κ1) is 15.7. The van der Waals surface area contributed by atoms with Crippen molar-refractivity contribution < 1.29 is 4.39 Å². The molecule has 2 aromatic carbocycles. The van der Waals surface area contributed by atoms with E-state index in [1.165, 1.54) is 11.1 Å². The van der Waals surface area contributed by atoms with Gasteiger partial charge in [-0.15, -0.1) is 0 Å². The Bertz CT molecular complexity index is 590.